The van der Waals surface area contributed by atoms with Crippen LogP contribution >= 0.6 is 0 Å². The highest BCUT2D eigenvalue weighted by Crippen LogP contribution is 2.15. The number of hydrogen-bond donors (Lipinski definition) is 1. The van der Waals surface area contributed by atoms with Crippen LogP contribution in [-0.4, -0.2) is 25.5 Å². The summed E-state index contributed by atoms with van der Waals surface area (Å²) in [5, 5.41) is 2.72. The minimum atomic E-state index is -0.270. The molecule has 74 valence electrons. The van der Waals surface area contributed by atoms with Gasteiger partial charge in [-0.3, -0.25) is 4.79 Å². The van der Waals surface area contributed by atoms with Gasteiger partial charge in [-0.05, 0) is 18.2 Å². The largest absolute Gasteiger partial charge is 0.360 e. The summed E-state index contributed by atoms with van der Waals surface area (Å²) in [5.41, 5.74) is 0.764. The lowest BCUT2D eigenvalue weighted by Gasteiger charge is -2.28. The Bertz CT molecular complexity index is 354. The Morgan fingerprint density at radius 3 is 3.00 bits per heavy atom. The maximum absolute atomic E-state index is 12.9. The third-order valence-corrected chi connectivity index (χ3v) is 2.21. The van der Waals surface area contributed by atoms with Crippen molar-refractivity contribution in [3.63, 3.8) is 0 Å². The number of rotatable bonds is 1. The van der Waals surface area contributed by atoms with Gasteiger partial charge < -0.3 is 10.2 Å². The molecule has 14 heavy (non-hydrogen) atoms. The third kappa shape index (κ3) is 1.84. The molecule has 1 aliphatic rings. The molecule has 1 heterocycles. The van der Waals surface area contributed by atoms with Gasteiger partial charge in [-0.25, -0.2) is 4.39 Å². The first-order chi connectivity index (χ1) is 6.75. The van der Waals surface area contributed by atoms with E-state index in [0.29, 0.717) is 13.1 Å². The second-order valence-corrected chi connectivity index (χ2v) is 3.25. The predicted octanol–water partition coefficient (Wildman–Crippen LogP) is 0.762. The van der Waals surface area contributed by atoms with Crippen molar-refractivity contribution in [1.29, 1.82) is 0 Å². The summed E-state index contributed by atoms with van der Waals surface area (Å²) in [4.78, 5) is 12.9. The lowest BCUT2D eigenvalue weighted by atomic mass is 10.2. The van der Waals surface area contributed by atoms with Gasteiger partial charge in [0, 0.05) is 18.8 Å². The summed E-state index contributed by atoms with van der Waals surface area (Å²) in [5.74, 6) is -0.283. The Morgan fingerprint density at radius 2 is 2.29 bits per heavy atom. The number of piperazine rings is 1. The normalized spacial score (nSPS) is 16.6. The van der Waals surface area contributed by atoms with Crippen LogP contribution in [0.25, 0.3) is 0 Å². The van der Waals surface area contributed by atoms with Gasteiger partial charge in [-0.15, -0.1) is 0 Å². The molecule has 0 aromatic heterocycles. The summed E-state index contributed by atoms with van der Waals surface area (Å²) in [6.07, 6.45) is 0. The van der Waals surface area contributed by atoms with E-state index in [9.17, 15) is 9.18 Å². The Labute approximate surface area is 81.5 Å². The molecule has 3 nitrogen and oxygen atoms in total. The van der Waals surface area contributed by atoms with Crippen molar-refractivity contribution in [3.05, 3.63) is 30.1 Å². The van der Waals surface area contributed by atoms with Crippen molar-refractivity contribution in [2.24, 2.45) is 0 Å². The number of anilines is 1. The minimum absolute atomic E-state index is 0.0134. The van der Waals surface area contributed by atoms with Gasteiger partial charge in [0.2, 0.25) is 5.91 Å². The Kier molecular flexibility index (Phi) is 2.35. The molecule has 1 aliphatic heterocycles. The first-order valence-corrected chi connectivity index (χ1v) is 4.53. The monoisotopic (exact) mass is 194 g/mol. The number of nitrogens with one attached hydrogen (secondary N) is 1. The van der Waals surface area contributed by atoms with Crippen LogP contribution in [0.5, 0.6) is 0 Å². The molecule has 0 bridgehead atoms. The molecule has 0 radical (unpaired) electrons. The van der Waals surface area contributed by atoms with E-state index in [1.807, 2.05) is 11.0 Å². The van der Waals surface area contributed by atoms with Crippen molar-refractivity contribution in [2.45, 2.75) is 0 Å². The molecular weight excluding hydrogens is 183 g/mol. The minimum Gasteiger partial charge on any atom is -0.360 e. The number of carbonyl (C=O) groups excluding carboxylic acids is 1. The topological polar surface area (TPSA) is 32.3 Å². The predicted molar refractivity (Wildman–Crippen MR) is 51.6 cm³/mol. The lowest BCUT2D eigenvalue weighted by molar-refractivity contribution is -0.120. The summed E-state index contributed by atoms with van der Waals surface area (Å²) < 4.78 is 12.9. The second-order valence-electron chi connectivity index (χ2n) is 3.25. The van der Waals surface area contributed by atoms with Gasteiger partial charge in [0.15, 0.2) is 0 Å². The van der Waals surface area contributed by atoms with E-state index >= 15 is 0 Å². The standard InChI is InChI=1S/C10H11FN2O/c11-8-2-1-3-9(6-8)13-5-4-12-10(14)7-13/h1-3,6H,4-5,7H2,(H,12,14). The highest BCUT2D eigenvalue weighted by molar-refractivity contribution is 5.82. The number of halogens is 1. The van der Waals surface area contributed by atoms with Crippen molar-refractivity contribution >= 4 is 11.6 Å². The Morgan fingerprint density at radius 1 is 1.43 bits per heavy atom. The van der Waals surface area contributed by atoms with Gasteiger partial charge in [0.1, 0.15) is 5.82 Å². The molecule has 0 saturated carbocycles. The molecule has 4 heteroatoms. The van der Waals surface area contributed by atoms with Crippen LogP contribution in [0.1, 0.15) is 0 Å². The molecule has 1 fully saturated rings. The molecule has 1 saturated heterocycles. The second kappa shape index (κ2) is 3.65. The number of amides is 1. The Hall–Kier alpha value is -1.58. The van der Waals surface area contributed by atoms with E-state index in [-0.39, 0.29) is 11.7 Å². The maximum Gasteiger partial charge on any atom is 0.239 e. The van der Waals surface area contributed by atoms with E-state index in [2.05, 4.69) is 5.32 Å². The SMILES string of the molecule is O=C1CN(c2cccc(F)c2)CCN1. The lowest BCUT2D eigenvalue weighted by Crippen LogP contribution is -2.47. The van der Waals surface area contributed by atoms with E-state index in [0.717, 1.165) is 12.2 Å². The summed E-state index contributed by atoms with van der Waals surface area (Å²) in [6, 6.07) is 6.30. The quantitative estimate of drug-likeness (QED) is 0.716. The number of hydrogen-bond acceptors (Lipinski definition) is 2. The van der Waals surface area contributed by atoms with Crippen molar-refractivity contribution in [1.82, 2.24) is 5.32 Å². The molecule has 1 aromatic rings. The number of benzene rings is 1. The molecule has 0 atom stereocenters. The highest BCUT2D eigenvalue weighted by atomic mass is 19.1. The van der Waals surface area contributed by atoms with Crippen molar-refractivity contribution in [2.75, 3.05) is 24.5 Å². The zero-order chi connectivity index (χ0) is 9.97. The Balaban J connectivity index is 2.17. The van der Waals surface area contributed by atoms with E-state index in [1.165, 1.54) is 12.1 Å². The molecule has 1 amide bonds. The van der Waals surface area contributed by atoms with Gasteiger partial charge in [-0.2, -0.15) is 0 Å². The zero-order valence-corrected chi connectivity index (χ0v) is 7.66. The van der Waals surface area contributed by atoms with E-state index in [1.54, 1.807) is 6.07 Å². The first kappa shape index (κ1) is 8.99. The highest BCUT2D eigenvalue weighted by Gasteiger charge is 2.16. The number of nitrogens with zero attached hydrogens (tertiary/aromatic N) is 1. The van der Waals surface area contributed by atoms with E-state index < -0.39 is 0 Å². The summed E-state index contributed by atoms with van der Waals surface area (Å²) in [7, 11) is 0. The van der Waals surface area contributed by atoms with Crippen molar-refractivity contribution in [3.8, 4) is 0 Å². The van der Waals surface area contributed by atoms with Gasteiger partial charge in [0.05, 0.1) is 6.54 Å². The van der Waals surface area contributed by atoms with Gasteiger partial charge in [-0.1, -0.05) is 6.07 Å². The van der Waals surface area contributed by atoms with Crippen LogP contribution in [0.15, 0.2) is 24.3 Å². The molecular formula is C10H11FN2O. The van der Waals surface area contributed by atoms with Crippen LogP contribution in [0.3, 0.4) is 0 Å². The molecule has 0 spiro atoms. The summed E-state index contributed by atoms with van der Waals surface area (Å²) in [6.45, 7) is 1.66. The molecule has 1 aromatic carbocycles. The van der Waals surface area contributed by atoms with Crippen LogP contribution in [-0.2, 0) is 4.79 Å². The average molecular weight is 194 g/mol. The average Bonchev–Trinajstić information content (AvgIpc) is 2.18. The van der Waals surface area contributed by atoms with Gasteiger partial charge in [0.25, 0.3) is 0 Å². The first-order valence-electron chi connectivity index (χ1n) is 4.53. The fourth-order valence-electron chi connectivity index (χ4n) is 1.53. The van der Waals surface area contributed by atoms with E-state index in [4.69, 9.17) is 0 Å². The van der Waals surface area contributed by atoms with Crippen LogP contribution < -0.4 is 10.2 Å². The van der Waals surface area contributed by atoms with Crippen LogP contribution in [0.4, 0.5) is 10.1 Å². The fraction of sp³-hybridized carbons (Fsp3) is 0.300. The zero-order valence-electron chi connectivity index (χ0n) is 7.66. The smallest absolute Gasteiger partial charge is 0.239 e. The molecule has 0 unspecified atom stereocenters. The van der Waals surface area contributed by atoms with Crippen LogP contribution in [0.2, 0.25) is 0 Å². The van der Waals surface area contributed by atoms with Gasteiger partial charge >= 0.3 is 0 Å². The molecule has 1 N–H and O–H groups in total. The summed E-state index contributed by atoms with van der Waals surface area (Å²) >= 11 is 0. The van der Waals surface area contributed by atoms with Crippen LogP contribution in [0, 0.1) is 5.82 Å². The number of carbonyl (C=O) groups is 1. The fourth-order valence-corrected chi connectivity index (χ4v) is 1.53. The molecule has 0 aliphatic carbocycles. The maximum atomic E-state index is 12.9. The molecule has 2 rings (SSSR count). The van der Waals surface area contributed by atoms with Crippen molar-refractivity contribution < 1.29 is 9.18 Å². The third-order valence-electron chi connectivity index (χ3n) is 2.21.